The lowest BCUT2D eigenvalue weighted by Gasteiger charge is -2.29. The minimum atomic E-state index is -1.04. The topological polar surface area (TPSA) is 312 Å². The summed E-state index contributed by atoms with van der Waals surface area (Å²) in [5.74, 6) is 0.0284. The molecule has 10 aromatic carbocycles. The quantitative estimate of drug-likeness (QED) is 0.0222. The second kappa shape index (κ2) is 73.0. The largest absolute Gasteiger partial charge is 0.508 e. The van der Waals surface area contributed by atoms with E-state index in [0.29, 0.717) is 85.7 Å². The molecule has 12 rings (SSSR count). The van der Waals surface area contributed by atoms with E-state index < -0.39 is 24.0 Å². The molecule has 150 heavy (non-hydrogen) atoms. The van der Waals surface area contributed by atoms with Crippen LogP contribution in [0.3, 0.4) is 0 Å². The van der Waals surface area contributed by atoms with Crippen LogP contribution in [0.4, 0.5) is 0 Å². The third-order valence-corrected chi connectivity index (χ3v) is 25.6. The standard InChI is InChI=1S/C20H22ClNO3.C15H21NO.C14H20N2O.C14H21NO.C13H17NO3.C13H19NO.C12H17NO2.2C12H17NO/c1-13(2)15-5-7-16(8-6-15)19(23)11-18(20(24)25)22-12-14-3-9-17(21)10-4-14;1-13-5-7-14(8-6-13)15(17)9-12-16-10-3-2-4-11-16;15-13(11-12-7-3-1-4-8-12)14(17)16-9-5-2-6-10-16;1-4-15(5-2)11-10-14(16)13-8-6-12(3)7-9-13;1-10-3-5-11(6-4-10)12(15)7-8-14(2)9-13(16)17;1-4-11-5-7-12(8-6-11)13(15)9-10-14(2)3;1-9-8-10(4-5-11(9)14)12(15)6-7-13(2)3;1-10-4-6-11(7-5-10)12(14)8-9-13(2)3;1-10(9-13(2)3)12(14)11-7-5-4-6-8-11/h3-10,13,18,22H,11-12H2,1-2H3,(H,24,25);5-8H,2-4,9-12H2,1H3;1,3-4,7-8,13H,2,5-6,9-11,15H2;6-9H,4-5,10-11H2,1-3H3;3-6H,7-9H2,1-2H3,(H,16,17);5-8H,4,9-10H2,1-3H3;4-5,8,14H,6-7H2,1-3H3;4-7H,8-9H2,1-3H3;4-8,10H,9H2,1-3H3. The molecule has 2 heterocycles. The SMILES string of the molecule is CC(C)c1ccc(C(=O)CC(NCc2ccc(Cl)cc2)C(=O)O)cc1.CC(CN(C)C)C(=O)c1ccccc1.CCN(CC)CCC(=O)c1ccc(C)cc1.CCc1ccc(C(=O)CCN(C)C)cc1.Cc1cc(C(=O)CCN(C)C)ccc1O.Cc1ccc(C(=O)CCN(C)C)cc1.Cc1ccc(C(=O)CCN(C)CC(=O)O)cc1.Cc1ccc(C(=O)CCN2CCCCC2)cc1.NC(Cc1ccccc1)C(=O)N1CCCCC1. The summed E-state index contributed by atoms with van der Waals surface area (Å²) in [6.45, 7) is 34.2. The highest BCUT2D eigenvalue weighted by atomic mass is 35.5. The van der Waals surface area contributed by atoms with Crippen molar-refractivity contribution in [1.29, 1.82) is 0 Å². The molecule has 0 aromatic heterocycles. The Hall–Kier alpha value is -12.3. The zero-order chi connectivity index (χ0) is 111. The molecule has 2 aliphatic heterocycles. The zero-order valence-electron chi connectivity index (χ0n) is 93.1. The molecular formula is C125H171ClN10O14. The highest BCUT2D eigenvalue weighted by molar-refractivity contribution is 6.30. The number of carbonyl (C=O) groups is 11. The Kier molecular flexibility index (Phi) is 63.3. The van der Waals surface area contributed by atoms with Crippen molar-refractivity contribution in [3.8, 4) is 5.75 Å². The highest BCUT2D eigenvalue weighted by Crippen LogP contribution is 2.23. The van der Waals surface area contributed by atoms with Gasteiger partial charge in [-0.25, -0.2) is 0 Å². The molecule has 3 atom stereocenters. The van der Waals surface area contributed by atoms with E-state index >= 15 is 0 Å². The fourth-order valence-corrected chi connectivity index (χ4v) is 15.8. The summed E-state index contributed by atoms with van der Waals surface area (Å²) < 4.78 is 0. The minimum Gasteiger partial charge on any atom is -0.508 e. The van der Waals surface area contributed by atoms with Crippen LogP contribution in [0.15, 0.2) is 249 Å². The van der Waals surface area contributed by atoms with E-state index in [4.69, 9.17) is 22.4 Å². The molecule has 2 fully saturated rings. The summed E-state index contributed by atoms with van der Waals surface area (Å²) in [5, 5.41) is 30.8. The lowest BCUT2D eigenvalue weighted by atomic mass is 9.98. The average Bonchev–Trinajstić information content (AvgIpc) is 0.863. The maximum atomic E-state index is 12.4. The molecule has 1 amide bonds. The molecule has 0 bridgehead atoms. The number of carbonyl (C=O) groups excluding carboxylic acids is 9. The number of Topliss-reactive ketones (excluding diaryl/α,β-unsaturated/α-hetero) is 8. The van der Waals surface area contributed by atoms with E-state index in [1.807, 2.05) is 310 Å². The smallest absolute Gasteiger partial charge is 0.321 e. The second-order valence-corrected chi connectivity index (χ2v) is 40.3. The number of nitrogens with one attached hydrogen (secondary N) is 1. The number of benzene rings is 10. The summed E-state index contributed by atoms with van der Waals surface area (Å²) >= 11 is 5.83. The number of aryl methyl sites for hydroxylation is 6. The van der Waals surface area contributed by atoms with Crippen molar-refractivity contribution in [3.05, 3.63) is 348 Å². The number of halogens is 1. The molecule has 0 saturated carbocycles. The summed E-state index contributed by atoms with van der Waals surface area (Å²) in [4.78, 5) is 145. The first kappa shape index (κ1) is 130. The van der Waals surface area contributed by atoms with Gasteiger partial charge in [0.25, 0.3) is 0 Å². The number of nitrogens with zero attached hydrogens (tertiary/aromatic N) is 8. The molecule has 24 nitrogen and oxygen atoms in total. The molecule has 0 radical (unpaired) electrons. The number of aliphatic carboxylic acids is 2. The summed E-state index contributed by atoms with van der Waals surface area (Å²) in [6.07, 6.45) is 12.3. The number of nitrogens with two attached hydrogens (primary N) is 1. The van der Waals surface area contributed by atoms with E-state index in [0.717, 1.165) is 140 Å². The number of hydrogen-bond donors (Lipinski definition) is 5. The molecule has 812 valence electrons. The van der Waals surface area contributed by atoms with Gasteiger partial charge in [0, 0.05) is 166 Å². The lowest BCUT2D eigenvalue weighted by molar-refractivity contribution is -0.140. The van der Waals surface area contributed by atoms with Gasteiger partial charge in [-0.1, -0.05) is 300 Å². The van der Waals surface area contributed by atoms with Crippen LogP contribution in [0.1, 0.15) is 264 Å². The van der Waals surface area contributed by atoms with Crippen molar-refractivity contribution in [3.63, 3.8) is 0 Å². The van der Waals surface area contributed by atoms with Crippen molar-refractivity contribution in [2.75, 3.05) is 155 Å². The number of aromatic hydroxyl groups is 1. The van der Waals surface area contributed by atoms with Gasteiger partial charge in [-0.3, -0.25) is 63.0 Å². The number of piperidine rings is 2. The van der Waals surface area contributed by atoms with Crippen molar-refractivity contribution in [1.82, 2.24) is 44.5 Å². The first-order valence-corrected chi connectivity index (χ1v) is 53.1. The van der Waals surface area contributed by atoms with E-state index in [2.05, 4.69) is 49.7 Å². The number of carboxylic acids is 2. The van der Waals surface area contributed by atoms with Crippen LogP contribution in [0.2, 0.25) is 5.02 Å². The van der Waals surface area contributed by atoms with Gasteiger partial charge in [-0.2, -0.15) is 0 Å². The van der Waals surface area contributed by atoms with Gasteiger partial charge in [0.1, 0.15) is 11.8 Å². The van der Waals surface area contributed by atoms with Gasteiger partial charge in [0.2, 0.25) is 5.91 Å². The predicted octanol–water partition coefficient (Wildman–Crippen LogP) is 21.8. The Labute approximate surface area is 900 Å². The average molecular weight is 2070 g/mol. The molecule has 25 heteroatoms. The Balaban J connectivity index is 0.000000353. The summed E-state index contributed by atoms with van der Waals surface area (Å²) in [5.41, 5.74) is 21.9. The van der Waals surface area contributed by atoms with Crippen molar-refractivity contribution in [2.45, 2.75) is 197 Å². The lowest BCUT2D eigenvalue weighted by Crippen LogP contribution is -2.46. The number of phenols is 1. The van der Waals surface area contributed by atoms with Crippen LogP contribution in [0.25, 0.3) is 0 Å². The number of carboxylic acid groups (broad SMARTS) is 2. The van der Waals surface area contributed by atoms with Gasteiger partial charge >= 0.3 is 11.9 Å². The van der Waals surface area contributed by atoms with E-state index in [9.17, 15) is 63.0 Å². The molecule has 0 spiro atoms. The monoisotopic (exact) mass is 2070 g/mol. The van der Waals surface area contributed by atoms with Crippen LogP contribution in [-0.4, -0.2) is 286 Å². The van der Waals surface area contributed by atoms with Crippen LogP contribution in [0, 0.1) is 40.5 Å². The summed E-state index contributed by atoms with van der Waals surface area (Å²) in [7, 11) is 17.4. The van der Waals surface area contributed by atoms with Gasteiger partial charge in [-0.15, -0.1) is 0 Å². The molecule has 2 aliphatic rings. The Bertz CT molecular complexity index is 5610. The van der Waals surface area contributed by atoms with Gasteiger partial charge in [-0.05, 0) is 233 Å². The van der Waals surface area contributed by atoms with Crippen molar-refractivity contribution < 1.29 is 68.1 Å². The molecular weight excluding hydrogens is 1900 g/mol. The Morgan fingerprint density at radius 3 is 1.17 bits per heavy atom. The minimum absolute atomic E-state index is 0.0405. The number of rotatable bonds is 44. The van der Waals surface area contributed by atoms with E-state index in [-0.39, 0.29) is 76.8 Å². The van der Waals surface area contributed by atoms with Gasteiger partial charge in [0.05, 0.1) is 12.6 Å². The zero-order valence-corrected chi connectivity index (χ0v) is 93.8. The Morgan fingerprint density at radius 2 is 0.773 bits per heavy atom. The number of ketones is 8. The van der Waals surface area contributed by atoms with Crippen LogP contribution in [0.5, 0.6) is 5.75 Å². The molecule has 2 saturated heterocycles. The molecule has 10 aromatic rings. The van der Waals surface area contributed by atoms with Gasteiger partial charge in [0.15, 0.2) is 46.3 Å². The van der Waals surface area contributed by atoms with Crippen LogP contribution in [-0.2, 0) is 33.8 Å². The van der Waals surface area contributed by atoms with E-state index in [1.165, 1.54) is 61.0 Å². The first-order valence-electron chi connectivity index (χ1n) is 52.7. The number of phenolic OH excluding ortho intramolecular Hbond substituents is 1. The maximum Gasteiger partial charge on any atom is 0.321 e. The van der Waals surface area contributed by atoms with Crippen molar-refractivity contribution >= 4 is 75.7 Å². The first-order chi connectivity index (χ1) is 71.4. The number of likely N-dealkylation sites (tertiary alicyclic amines) is 2. The summed E-state index contributed by atoms with van der Waals surface area (Å²) in [6, 6.07) is 76.3. The number of hydrogen-bond acceptors (Lipinski definition) is 21. The molecule has 6 N–H and O–H groups in total. The van der Waals surface area contributed by atoms with Crippen LogP contribution >= 0.6 is 11.6 Å². The van der Waals surface area contributed by atoms with E-state index in [1.54, 1.807) is 73.5 Å². The fraction of sp³-hybridized carbons (Fsp3) is 0.432. The van der Waals surface area contributed by atoms with Crippen molar-refractivity contribution in [2.24, 2.45) is 11.7 Å². The fourth-order valence-electron chi connectivity index (χ4n) is 15.7. The predicted molar refractivity (Wildman–Crippen MR) is 612 cm³/mol. The molecule has 3 unspecified atom stereocenters. The number of likely N-dealkylation sites (N-methyl/N-ethyl adjacent to an activating group) is 1. The van der Waals surface area contributed by atoms with Gasteiger partial charge < -0.3 is 55.4 Å². The second-order valence-electron chi connectivity index (χ2n) is 39.9. The third kappa shape index (κ3) is 54.9. The normalized spacial score (nSPS) is 12.6. The molecule has 0 aliphatic carbocycles. The van der Waals surface area contributed by atoms with Crippen LogP contribution < -0.4 is 11.1 Å². The highest BCUT2D eigenvalue weighted by Gasteiger charge is 2.26. The number of amides is 1. The Morgan fingerprint density at radius 1 is 0.400 bits per heavy atom. The third-order valence-electron chi connectivity index (χ3n) is 25.3. The maximum absolute atomic E-state index is 12.4.